The van der Waals surface area contributed by atoms with Gasteiger partial charge >= 0.3 is 0 Å². The highest BCUT2D eigenvalue weighted by molar-refractivity contribution is 5.59. The second-order valence-corrected chi connectivity index (χ2v) is 6.71. The number of nitrogens with zero attached hydrogens (tertiary/aromatic N) is 3. The summed E-state index contributed by atoms with van der Waals surface area (Å²) in [5.41, 5.74) is 5.73. The molecule has 3 rings (SSSR count). The van der Waals surface area contributed by atoms with Gasteiger partial charge in [-0.25, -0.2) is 4.68 Å². The molecule has 0 aliphatic carbocycles. The van der Waals surface area contributed by atoms with Gasteiger partial charge in [0.05, 0.1) is 11.9 Å². The predicted octanol–water partition coefficient (Wildman–Crippen LogP) is 4.54. The van der Waals surface area contributed by atoms with E-state index in [9.17, 15) is 0 Å². The first kappa shape index (κ1) is 14.5. The van der Waals surface area contributed by atoms with Gasteiger partial charge in [0.2, 0.25) is 0 Å². The smallest absolute Gasteiger partial charge is 0.113 e. The molecule has 2 aromatic carbocycles. The highest BCUT2D eigenvalue weighted by Crippen LogP contribution is 2.25. The van der Waals surface area contributed by atoms with Gasteiger partial charge in [-0.05, 0) is 30.0 Å². The van der Waals surface area contributed by atoms with Crippen LogP contribution in [0.5, 0.6) is 0 Å². The van der Waals surface area contributed by atoms with Gasteiger partial charge in [-0.3, -0.25) is 0 Å². The van der Waals surface area contributed by atoms with E-state index in [0.717, 1.165) is 16.9 Å². The second kappa shape index (κ2) is 5.41. The maximum Gasteiger partial charge on any atom is 0.113 e. The van der Waals surface area contributed by atoms with Gasteiger partial charge in [0.1, 0.15) is 5.69 Å². The van der Waals surface area contributed by atoms with Crippen LogP contribution in [0.1, 0.15) is 31.9 Å². The van der Waals surface area contributed by atoms with E-state index in [0.29, 0.717) is 0 Å². The van der Waals surface area contributed by atoms with Crippen molar-refractivity contribution in [2.75, 3.05) is 0 Å². The van der Waals surface area contributed by atoms with E-state index < -0.39 is 0 Å². The van der Waals surface area contributed by atoms with E-state index >= 15 is 0 Å². The number of rotatable bonds is 2. The molecule has 1 aromatic heterocycles. The first-order chi connectivity index (χ1) is 10.4. The largest absolute Gasteiger partial charge is 0.220 e. The molecular weight excluding hydrogens is 270 g/mol. The highest BCUT2D eigenvalue weighted by Gasteiger charge is 2.13. The molecule has 0 aliphatic heterocycles. The normalized spacial score (nSPS) is 11.6. The molecule has 0 radical (unpaired) electrons. The van der Waals surface area contributed by atoms with Gasteiger partial charge in [-0.1, -0.05) is 67.9 Å². The van der Waals surface area contributed by atoms with E-state index in [-0.39, 0.29) is 5.41 Å². The summed E-state index contributed by atoms with van der Waals surface area (Å²) in [5, 5.41) is 8.52. The van der Waals surface area contributed by atoms with Crippen LogP contribution in [0, 0.1) is 6.92 Å². The first-order valence-electron chi connectivity index (χ1n) is 7.54. The fraction of sp³-hybridized carbons (Fsp3) is 0.263. The van der Waals surface area contributed by atoms with Crippen molar-refractivity contribution >= 4 is 0 Å². The van der Waals surface area contributed by atoms with Gasteiger partial charge in [0.15, 0.2) is 0 Å². The lowest BCUT2D eigenvalue weighted by atomic mass is 9.86. The number of hydrogen-bond donors (Lipinski definition) is 0. The van der Waals surface area contributed by atoms with Gasteiger partial charge < -0.3 is 0 Å². The predicted molar refractivity (Wildman–Crippen MR) is 90.2 cm³/mol. The summed E-state index contributed by atoms with van der Waals surface area (Å²) in [7, 11) is 0. The van der Waals surface area contributed by atoms with Crippen LogP contribution in [-0.4, -0.2) is 15.0 Å². The summed E-state index contributed by atoms with van der Waals surface area (Å²) in [6, 6.07) is 16.8. The molecule has 0 unspecified atom stereocenters. The van der Waals surface area contributed by atoms with Crippen molar-refractivity contribution in [3.8, 4) is 16.9 Å². The van der Waals surface area contributed by atoms with E-state index in [4.69, 9.17) is 0 Å². The van der Waals surface area contributed by atoms with Crippen LogP contribution < -0.4 is 0 Å². The molecule has 0 spiro atoms. The Morgan fingerprint density at radius 1 is 0.864 bits per heavy atom. The molecule has 0 bridgehead atoms. The lowest BCUT2D eigenvalue weighted by molar-refractivity contribution is 0.590. The Kier molecular flexibility index (Phi) is 3.57. The van der Waals surface area contributed by atoms with Gasteiger partial charge in [-0.15, -0.1) is 5.10 Å². The van der Waals surface area contributed by atoms with Crippen LogP contribution in [0.2, 0.25) is 0 Å². The van der Waals surface area contributed by atoms with Crippen molar-refractivity contribution in [3.63, 3.8) is 0 Å². The van der Waals surface area contributed by atoms with Crippen molar-refractivity contribution in [2.24, 2.45) is 0 Å². The van der Waals surface area contributed by atoms with E-state index in [1.807, 2.05) is 10.9 Å². The van der Waals surface area contributed by atoms with Crippen LogP contribution in [0.15, 0.2) is 54.7 Å². The molecule has 1 heterocycles. The quantitative estimate of drug-likeness (QED) is 0.694. The SMILES string of the molecule is Cc1ccc(-n2cc(-c3ccc(C(C)(C)C)cc3)nn2)cc1. The Morgan fingerprint density at radius 2 is 1.50 bits per heavy atom. The molecule has 0 aliphatic rings. The molecule has 3 heteroatoms. The fourth-order valence-corrected chi connectivity index (χ4v) is 2.36. The molecule has 22 heavy (non-hydrogen) atoms. The fourth-order valence-electron chi connectivity index (χ4n) is 2.36. The standard InChI is InChI=1S/C19H21N3/c1-14-5-11-17(12-6-14)22-13-18(20-21-22)15-7-9-16(10-8-15)19(2,3)4/h5-13H,1-4H3. The third-order valence-electron chi connectivity index (χ3n) is 3.84. The molecule has 0 N–H and O–H groups in total. The lowest BCUT2D eigenvalue weighted by Crippen LogP contribution is -2.10. The molecule has 112 valence electrons. The molecule has 0 saturated heterocycles. The Labute approximate surface area is 131 Å². The third-order valence-corrected chi connectivity index (χ3v) is 3.84. The van der Waals surface area contributed by atoms with Gasteiger partial charge in [-0.2, -0.15) is 0 Å². The third kappa shape index (κ3) is 2.93. The van der Waals surface area contributed by atoms with Crippen LogP contribution in [0.4, 0.5) is 0 Å². The topological polar surface area (TPSA) is 30.7 Å². The summed E-state index contributed by atoms with van der Waals surface area (Å²) in [6.45, 7) is 8.73. The number of aromatic nitrogens is 3. The van der Waals surface area contributed by atoms with E-state index in [1.54, 1.807) is 0 Å². The van der Waals surface area contributed by atoms with E-state index in [2.05, 4.69) is 86.5 Å². The average molecular weight is 291 g/mol. The summed E-state index contributed by atoms with van der Waals surface area (Å²) in [6.07, 6.45) is 1.97. The summed E-state index contributed by atoms with van der Waals surface area (Å²) >= 11 is 0. The first-order valence-corrected chi connectivity index (χ1v) is 7.54. The number of benzene rings is 2. The van der Waals surface area contributed by atoms with Crippen LogP contribution >= 0.6 is 0 Å². The van der Waals surface area contributed by atoms with Crippen LogP contribution in [0.25, 0.3) is 16.9 Å². The van der Waals surface area contributed by atoms with Gasteiger partial charge in [0.25, 0.3) is 0 Å². The molecular formula is C19H21N3. The number of aryl methyl sites for hydroxylation is 1. The molecule has 0 saturated carbocycles. The maximum absolute atomic E-state index is 4.29. The Balaban J connectivity index is 1.89. The zero-order valence-electron chi connectivity index (χ0n) is 13.5. The molecule has 3 aromatic rings. The Hall–Kier alpha value is -2.42. The van der Waals surface area contributed by atoms with Gasteiger partial charge in [0, 0.05) is 5.56 Å². The van der Waals surface area contributed by atoms with Crippen LogP contribution in [0.3, 0.4) is 0 Å². The monoisotopic (exact) mass is 291 g/mol. The Bertz CT molecular complexity index is 760. The zero-order valence-corrected chi connectivity index (χ0v) is 13.5. The van der Waals surface area contributed by atoms with Crippen molar-refractivity contribution in [1.29, 1.82) is 0 Å². The Morgan fingerprint density at radius 3 is 2.09 bits per heavy atom. The van der Waals surface area contributed by atoms with Crippen molar-refractivity contribution in [3.05, 3.63) is 65.9 Å². The van der Waals surface area contributed by atoms with Crippen molar-refractivity contribution < 1.29 is 0 Å². The average Bonchev–Trinajstić information content (AvgIpc) is 2.97. The molecule has 3 nitrogen and oxygen atoms in total. The summed E-state index contributed by atoms with van der Waals surface area (Å²) in [4.78, 5) is 0. The molecule has 0 fully saturated rings. The minimum Gasteiger partial charge on any atom is -0.220 e. The highest BCUT2D eigenvalue weighted by atomic mass is 15.4. The van der Waals surface area contributed by atoms with Crippen LogP contribution in [-0.2, 0) is 5.41 Å². The molecule has 0 atom stereocenters. The summed E-state index contributed by atoms with van der Waals surface area (Å²) < 4.78 is 1.81. The minimum atomic E-state index is 0.165. The molecule has 0 amide bonds. The van der Waals surface area contributed by atoms with Crippen molar-refractivity contribution in [1.82, 2.24) is 15.0 Å². The summed E-state index contributed by atoms with van der Waals surface area (Å²) in [5.74, 6) is 0. The maximum atomic E-state index is 4.29. The number of hydrogen-bond acceptors (Lipinski definition) is 2. The minimum absolute atomic E-state index is 0.165. The second-order valence-electron chi connectivity index (χ2n) is 6.71. The lowest BCUT2D eigenvalue weighted by Gasteiger charge is -2.18. The zero-order chi connectivity index (χ0) is 15.7. The van der Waals surface area contributed by atoms with E-state index in [1.165, 1.54) is 11.1 Å². The van der Waals surface area contributed by atoms with Crippen molar-refractivity contribution in [2.45, 2.75) is 33.1 Å².